The molecule has 1 aromatic heterocycles. The predicted octanol–water partition coefficient (Wildman–Crippen LogP) is -1.45. The normalized spacial score (nSPS) is 23.6. The van der Waals surface area contributed by atoms with E-state index in [-0.39, 0.29) is 30.0 Å². The summed E-state index contributed by atoms with van der Waals surface area (Å²) in [5, 5.41) is 0. The molecule has 2 rings (SSSR count). The SMILES string of the molecule is CCC1CCC(C)N1C(=O)n1cc[n+](C)c1.[I-]. The van der Waals surface area contributed by atoms with E-state index in [0.717, 1.165) is 19.3 Å². The van der Waals surface area contributed by atoms with Crippen molar-refractivity contribution in [3.8, 4) is 0 Å². The molecule has 5 heteroatoms. The van der Waals surface area contributed by atoms with Gasteiger partial charge in [0, 0.05) is 12.1 Å². The second-order valence-electron chi connectivity index (χ2n) is 4.66. The number of hydrogen-bond acceptors (Lipinski definition) is 1. The molecule has 1 aliphatic rings. The minimum atomic E-state index is 0. The van der Waals surface area contributed by atoms with Gasteiger partial charge in [0.1, 0.15) is 12.4 Å². The molecule has 0 aromatic carbocycles. The van der Waals surface area contributed by atoms with Crippen LogP contribution in [0.4, 0.5) is 4.79 Å². The Morgan fingerprint density at radius 3 is 2.71 bits per heavy atom. The van der Waals surface area contributed by atoms with Crippen molar-refractivity contribution < 1.29 is 33.3 Å². The summed E-state index contributed by atoms with van der Waals surface area (Å²) in [5.74, 6) is 0. The number of aromatic nitrogens is 2. The number of aryl methyl sites for hydroxylation is 1. The van der Waals surface area contributed by atoms with Crippen LogP contribution in [-0.4, -0.2) is 27.6 Å². The third-order valence-corrected chi connectivity index (χ3v) is 3.47. The molecule has 1 saturated heterocycles. The molecular weight excluding hydrogens is 329 g/mol. The Kier molecular flexibility index (Phi) is 4.97. The molecule has 0 bridgehead atoms. The Bertz CT molecular complexity index is 391. The van der Waals surface area contributed by atoms with Crippen LogP contribution in [-0.2, 0) is 7.05 Å². The predicted molar refractivity (Wildman–Crippen MR) is 61.0 cm³/mol. The highest BCUT2D eigenvalue weighted by Gasteiger charge is 2.36. The van der Waals surface area contributed by atoms with Crippen LogP contribution in [0.3, 0.4) is 0 Å². The highest BCUT2D eigenvalue weighted by molar-refractivity contribution is 5.77. The number of hydrogen-bond donors (Lipinski definition) is 0. The second-order valence-corrected chi connectivity index (χ2v) is 4.66. The molecule has 0 radical (unpaired) electrons. The van der Waals surface area contributed by atoms with Gasteiger partial charge in [0.25, 0.3) is 6.33 Å². The van der Waals surface area contributed by atoms with E-state index >= 15 is 0 Å². The summed E-state index contributed by atoms with van der Waals surface area (Å²) in [6, 6.07) is 0.887. The fourth-order valence-corrected chi connectivity index (χ4v) is 2.51. The molecule has 96 valence electrons. The number of imidazole rings is 1. The van der Waals surface area contributed by atoms with E-state index in [1.807, 2.05) is 35.2 Å². The van der Waals surface area contributed by atoms with Crippen molar-refractivity contribution in [2.45, 2.75) is 45.2 Å². The fourth-order valence-electron chi connectivity index (χ4n) is 2.51. The van der Waals surface area contributed by atoms with Crippen LogP contribution in [0, 0.1) is 0 Å². The Labute approximate surface area is 120 Å². The van der Waals surface area contributed by atoms with E-state index in [9.17, 15) is 4.79 Å². The van der Waals surface area contributed by atoms with E-state index < -0.39 is 0 Å². The number of nitrogens with zero attached hydrogens (tertiary/aromatic N) is 3. The molecule has 0 aliphatic carbocycles. The fraction of sp³-hybridized carbons (Fsp3) is 0.667. The average molecular weight is 349 g/mol. The number of carbonyl (C=O) groups is 1. The standard InChI is InChI=1S/C12H20N3O.HI/c1-4-11-6-5-10(2)15(11)12(16)14-8-7-13(3)9-14;/h7-11H,4-6H2,1-3H3;1H/q+1;/p-1. The number of likely N-dealkylation sites (tertiary alicyclic amines) is 1. The maximum atomic E-state index is 12.3. The lowest BCUT2D eigenvalue weighted by molar-refractivity contribution is -0.670. The van der Waals surface area contributed by atoms with Crippen LogP contribution in [0.5, 0.6) is 0 Å². The van der Waals surface area contributed by atoms with Gasteiger partial charge in [-0.3, -0.25) is 4.90 Å². The zero-order valence-electron chi connectivity index (χ0n) is 10.6. The van der Waals surface area contributed by atoms with Gasteiger partial charge in [0.05, 0.1) is 7.05 Å². The van der Waals surface area contributed by atoms with Crippen molar-refractivity contribution in [3.63, 3.8) is 0 Å². The van der Waals surface area contributed by atoms with Gasteiger partial charge in [0.2, 0.25) is 0 Å². The van der Waals surface area contributed by atoms with Crippen molar-refractivity contribution in [2.24, 2.45) is 7.05 Å². The van der Waals surface area contributed by atoms with E-state index in [1.165, 1.54) is 0 Å². The molecule has 1 aromatic rings. The minimum absolute atomic E-state index is 0. The maximum absolute atomic E-state index is 12.3. The van der Waals surface area contributed by atoms with Gasteiger partial charge in [-0.15, -0.1) is 0 Å². The van der Waals surface area contributed by atoms with Crippen LogP contribution >= 0.6 is 0 Å². The smallest absolute Gasteiger partial charge is 0.416 e. The number of carbonyl (C=O) groups excluding carboxylic acids is 1. The quantitative estimate of drug-likeness (QED) is 0.451. The molecule has 0 saturated carbocycles. The van der Waals surface area contributed by atoms with Gasteiger partial charge in [-0.05, 0) is 26.2 Å². The summed E-state index contributed by atoms with van der Waals surface area (Å²) in [5.41, 5.74) is 0. The van der Waals surface area contributed by atoms with Gasteiger partial charge in [-0.1, -0.05) is 6.92 Å². The topological polar surface area (TPSA) is 29.1 Å². The molecule has 2 heterocycles. The van der Waals surface area contributed by atoms with Crippen LogP contribution in [0.1, 0.15) is 33.1 Å². The molecule has 2 unspecified atom stereocenters. The lowest BCUT2D eigenvalue weighted by Gasteiger charge is -2.25. The van der Waals surface area contributed by atoms with Gasteiger partial charge in [-0.25, -0.2) is 9.36 Å². The van der Waals surface area contributed by atoms with Crippen LogP contribution in [0.25, 0.3) is 0 Å². The molecule has 17 heavy (non-hydrogen) atoms. The van der Waals surface area contributed by atoms with Crippen molar-refractivity contribution in [3.05, 3.63) is 18.7 Å². The summed E-state index contributed by atoms with van der Waals surface area (Å²) >= 11 is 0. The average Bonchev–Trinajstić information content (AvgIpc) is 2.83. The number of halogens is 1. The first-order chi connectivity index (χ1) is 7.63. The summed E-state index contributed by atoms with van der Waals surface area (Å²) in [6.07, 6.45) is 8.83. The Hall–Kier alpha value is -0.590. The Morgan fingerprint density at radius 1 is 1.47 bits per heavy atom. The van der Waals surface area contributed by atoms with Gasteiger partial charge < -0.3 is 24.0 Å². The van der Waals surface area contributed by atoms with Crippen LogP contribution < -0.4 is 28.5 Å². The van der Waals surface area contributed by atoms with E-state index in [4.69, 9.17) is 0 Å². The summed E-state index contributed by atoms with van der Waals surface area (Å²) in [7, 11) is 1.93. The van der Waals surface area contributed by atoms with Gasteiger partial charge in [-0.2, -0.15) is 4.57 Å². The first-order valence-corrected chi connectivity index (χ1v) is 5.99. The first-order valence-electron chi connectivity index (χ1n) is 5.99. The number of amides is 1. The largest absolute Gasteiger partial charge is 1.00 e. The number of rotatable bonds is 1. The molecule has 1 aliphatic heterocycles. The Morgan fingerprint density at radius 2 is 2.18 bits per heavy atom. The molecular formula is C12H20IN3O. The summed E-state index contributed by atoms with van der Waals surface area (Å²) < 4.78 is 3.56. The van der Waals surface area contributed by atoms with E-state index in [0.29, 0.717) is 12.1 Å². The molecule has 2 atom stereocenters. The zero-order valence-corrected chi connectivity index (χ0v) is 12.8. The van der Waals surface area contributed by atoms with Crippen molar-refractivity contribution >= 4 is 6.03 Å². The molecule has 0 N–H and O–H groups in total. The van der Waals surface area contributed by atoms with E-state index in [2.05, 4.69) is 13.8 Å². The third-order valence-electron chi connectivity index (χ3n) is 3.47. The Balaban J connectivity index is 0.00000144. The third kappa shape index (κ3) is 2.81. The molecule has 0 spiro atoms. The van der Waals surface area contributed by atoms with Crippen molar-refractivity contribution in [1.29, 1.82) is 0 Å². The molecule has 4 nitrogen and oxygen atoms in total. The summed E-state index contributed by atoms with van der Waals surface area (Å²) in [4.78, 5) is 14.3. The first kappa shape index (κ1) is 14.5. The maximum Gasteiger partial charge on any atom is 0.416 e. The highest BCUT2D eigenvalue weighted by Crippen LogP contribution is 2.26. The van der Waals surface area contributed by atoms with Crippen LogP contribution in [0.15, 0.2) is 18.7 Å². The van der Waals surface area contributed by atoms with Gasteiger partial charge >= 0.3 is 6.03 Å². The van der Waals surface area contributed by atoms with Crippen LogP contribution in [0.2, 0.25) is 0 Å². The van der Waals surface area contributed by atoms with Gasteiger partial charge in [0.15, 0.2) is 0 Å². The second kappa shape index (κ2) is 5.84. The molecule has 1 fully saturated rings. The lowest BCUT2D eigenvalue weighted by Crippen LogP contribution is -3.00. The van der Waals surface area contributed by atoms with Crippen molar-refractivity contribution in [1.82, 2.24) is 9.47 Å². The van der Waals surface area contributed by atoms with E-state index in [1.54, 1.807) is 4.57 Å². The van der Waals surface area contributed by atoms with Crippen molar-refractivity contribution in [2.75, 3.05) is 0 Å². The highest BCUT2D eigenvalue weighted by atomic mass is 127. The molecule has 1 amide bonds. The zero-order chi connectivity index (χ0) is 11.7. The lowest BCUT2D eigenvalue weighted by atomic mass is 10.2. The summed E-state index contributed by atoms with van der Waals surface area (Å²) in [6.45, 7) is 4.29. The minimum Gasteiger partial charge on any atom is -1.00 e. The monoisotopic (exact) mass is 349 g/mol.